The van der Waals surface area contributed by atoms with E-state index in [2.05, 4.69) is 183 Å². The van der Waals surface area contributed by atoms with E-state index >= 15 is 0 Å². The highest BCUT2D eigenvalue weighted by Gasteiger charge is 2.44. The van der Waals surface area contributed by atoms with Crippen molar-refractivity contribution in [1.29, 1.82) is 0 Å². The van der Waals surface area contributed by atoms with E-state index < -0.39 is 8.07 Å². The van der Waals surface area contributed by atoms with Crippen molar-refractivity contribution in [2.24, 2.45) is 0 Å². The van der Waals surface area contributed by atoms with Crippen LogP contribution in [0.3, 0.4) is 0 Å². The quantitative estimate of drug-likeness (QED) is 0.121. The Morgan fingerprint density at radius 2 is 1.08 bits per heavy atom. The van der Waals surface area contributed by atoms with Gasteiger partial charge in [0, 0.05) is 10.9 Å². The van der Waals surface area contributed by atoms with Crippen molar-refractivity contribution in [3.8, 4) is 39.1 Å². The summed E-state index contributed by atoms with van der Waals surface area (Å²) >= 11 is 0. The zero-order valence-corrected chi connectivity index (χ0v) is 32.0. The highest BCUT2D eigenvalue weighted by atomic mass is 28.3. The van der Waals surface area contributed by atoms with Crippen LogP contribution in [0, 0.1) is 0 Å². The number of ether oxygens (including phenoxy) is 1. The molecule has 0 saturated carbocycles. The molecule has 0 spiro atoms. The van der Waals surface area contributed by atoms with E-state index in [9.17, 15) is 0 Å². The van der Waals surface area contributed by atoms with E-state index in [4.69, 9.17) is 4.74 Å². The Balaban J connectivity index is 1.41. The molecule has 0 N–H and O–H groups in total. The van der Waals surface area contributed by atoms with Crippen molar-refractivity contribution >= 4 is 24.0 Å². The van der Waals surface area contributed by atoms with E-state index in [1.165, 1.54) is 71.6 Å². The number of benzene rings is 6. The van der Waals surface area contributed by atoms with Gasteiger partial charge in [-0.25, -0.2) is 0 Å². The van der Waals surface area contributed by atoms with Crippen molar-refractivity contribution in [3.63, 3.8) is 0 Å². The predicted octanol–water partition coefficient (Wildman–Crippen LogP) is 12.6. The van der Waals surface area contributed by atoms with Crippen LogP contribution in [0.1, 0.15) is 69.3 Å². The Bertz CT molecular complexity index is 2100. The monoisotopic (exact) mass is 670 g/mol. The van der Waals surface area contributed by atoms with Crippen molar-refractivity contribution in [2.75, 3.05) is 6.61 Å². The second kappa shape index (κ2) is 12.6. The van der Waals surface area contributed by atoms with E-state index in [1.807, 2.05) is 6.08 Å². The van der Waals surface area contributed by atoms with Crippen LogP contribution in [0.5, 0.6) is 5.75 Å². The Kier molecular flexibility index (Phi) is 8.51. The molecule has 252 valence electrons. The van der Waals surface area contributed by atoms with E-state index in [-0.39, 0.29) is 16.4 Å². The van der Waals surface area contributed by atoms with Gasteiger partial charge in [-0.05, 0) is 77.0 Å². The molecule has 7 rings (SSSR count). The summed E-state index contributed by atoms with van der Waals surface area (Å²) < 4.78 is 6.60. The maximum absolute atomic E-state index is 6.60. The fourth-order valence-corrected chi connectivity index (χ4v) is 11.6. The molecule has 0 atom stereocenters. The molecule has 0 fully saturated rings. The van der Waals surface area contributed by atoms with Gasteiger partial charge in [0.15, 0.2) is 0 Å². The largest absolute Gasteiger partial charge is 0.489 e. The Morgan fingerprint density at radius 1 is 0.600 bits per heavy atom. The molecule has 0 aromatic heterocycles. The zero-order valence-electron chi connectivity index (χ0n) is 31.0. The van der Waals surface area contributed by atoms with Gasteiger partial charge < -0.3 is 4.74 Å². The van der Waals surface area contributed by atoms with Crippen LogP contribution in [-0.4, -0.2) is 14.7 Å². The molecule has 50 heavy (non-hydrogen) atoms. The third-order valence-corrected chi connectivity index (χ3v) is 14.7. The van der Waals surface area contributed by atoms with E-state index in [1.54, 1.807) is 0 Å². The molecule has 1 aliphatic carbocycles. The van der Waals surface area contributed by atoms with Crippen LogP contribution in [0.4, 0.5) is 0 Å². The first-order valence-corrected chi connectivity index (χ1v) is 21.1. The van der Waals surface area contributed by atoms with Gasteiger partial charge in [-0.1, -0.05) is 189 Å². The van der Waals surface area contributed by atoms with Gasteiger partial charge in [-0.2, -0.15) is 0 Å². The fraction of sp³-hybridized carbons (Fsp3) is 0.250. The molecule has 0 bridgehead atoms. The number of rotatable bonds is 7. The van der Waals surface area contributed by atoms with Crippen molar-refractivity contribution in [3.05, 3.63) is 156 Å². The summed E-state index contributed by atoms with van der Waals surface area (Å²) in [6.07, 6.45) is 1.86. The van der Waals surface area contributed by atoms with Gasteiger partial charge in [0.1, 0.15) is 12.4 Å². The van der Waals surface area contributed by atoms with Gasteiger partial charge in [-0.3, -0.25) is 0 Å². The average Bonchev–Trinajstić information content (AvgIpc) is 3.43. The first-order valence-electron chi connectivity index (χ1n) is 18.0. The molecule has 1 nitrogen and oxygen atoms in total. The molecule has 6 aromatic rings. The van der Waals surface area contributed by atoms with Crippen LogP contribution in [0.2, 0.25) is 13.1 Å². The molecule has 2 heteroatoms. The summed E-state index contributed by atoms with van der Waals surface area (Å²) in [5.41, 5.74) is 13.8. The summed E-state index contributed by atoms with van der Waals surface area (Å²) in [5.74, 6) is 1.01. The zero-order chi connectivity index (χ0) is 35.4. The predicted molar refractivity (Wildman–Crippen MR) is 219 cm³/mol. The topological polar surface area (TPSA) is 9.23 Å². The molecule has 0 amide bonds. The van der Waals surface area contributed by atoms with Crippen LogP contribution < -0.4 is 9.92 Å². The first kappa shape index (κ1) is 33.8. The second-order valence-corrected chi connectivity index (χ2v) is 21.2. The molecular weight excluding hydrogens is 621 g/mol. The minimum atomic E-state index is -2.34. The van der Waals surface area contributed by atoms with Crippen molar-refractivity contribution in [1.82, 2.24) is 0 Å². The average molecular weight is 671 g/mol. The summed E-state index contributed by atoms with van der Waals surface area (Å²) in [7, 11) is -2.34. The van der Waals surface area contributed by atoms with Crippen molar-refractivity contribution in [2.45, 2.75) is 71.0 Å². The van der Waals surface area contributed by atoms with Gasteiger partial charge in [0.2, 0.25) is 0 Å². The number of hydrogen-bond acceptors (Lipinski definition) is 1. The molecular formula is C48H50OSi. The highest BCUT2D eigenvalue weighted by Crippen LogP contribution is 2.51. The summed E-state index contributed by atoms with van der Waals surface area (Å²) in [5, 5.41) is 3.72. The maximum atomic E-state index is 6.60. The highest BCUT2D eigenvalue weighted by molar-refractivity contribution is 6.92. The standard InChI is InChI=1S/C48H50OSi/c1-10-29-49-45-39-14-12-11-13-34(39)21-28-44(45)50(8,9)46-42-30-35(32-15-22-37(23-16-32)47(2,3)4)19-26-40(42)41-27-20-36(31-43(41)46)33-17-24-38(25-18-33)48(5,6)7/h10-28,30-31,46H,1,29H2,2-9H3. The molecule has 6 aromatic carbocycles. The minimum Gasteiger partial charge on any atom is -0.489 e. The van der Waals surface area contributed by atoms with E-state index in [0.717, 1.165) is 5.75 Å². The van der Waals surface area contributed by atoms with Crippen molar-refractivity contribution < 1.29 is 4.74 Å². The molecule has 0 heterocycles. The molecule has 0 aliphatic heterocycles. The third-order valence-electron chi connectivity index (χ3n) is 10.8. The normalized spacial score (nSPS) is 13.3. The Hall–Kier alpha value is -4.66. The summed E-state index contributed by atoms with van der Waals surface area (Å²) in [6.45, 7) is 23.2. The lowest BCUT2D eigenvalue weighted by molar-refractivity contribution is 0.370. The Morgan fingerprint density at radius 3 is 1.56 bits per heavy atom. The number of fused-ring (bicyclic) bond motifs is 4. The SMILES string of the molecule is C=CCOc1c([Si](C)(C)C2c3cc(-c4ccc(C(C)(C)C)cc4)ccc3-c3ccc(-c4ccc(C(C)(C)C)cc4)cc32)ccc2ccccc12. The van der Waals surface area contributed by atoms with Gasteiger partial charge in [0.25, 0.3) is 0 Å². The van der Waals surface area contributed by atoms with Crippen LogP contribution >= 0.6 is 0 Å². The third kappa shape index (κ3) is 6.05. The first-order chi connectivity index (χ1) is 23.8. The second-order valence-electron chi connectivity index (χ2n) is 16.7. The maximum Gasteiger partial charge on any atom is 0.126 e. The fourth-order valence-electron chi connectivity index (χ4n) is 7.93. The Labute approximate surface area is 300 Å². The molecule has 1 aliphatic rings. The van der Waals surface area contributed by atoms with E-state index in [0.29, 0.717) is 6.61 Å². The van der Waals surface area contributed by atoms with Crippen LogP contribution in [0.15, 0.2) is 134 Å². The van der Waals surface area contributed by atoms with Gasteiger partial charge in [-0.15, -0.1) is 0 Å². The number of hydrogen-bond donors (Lipinski definition) is 0. The smallest absolute Gasteiger partial charge is 0.126 e. The minimum absolute atomic E-state index is 0.120. The van der Waals surface area contributed by atoms with Crippen LogP contribution in [-0.2, 0) is 10.8 Å². The van der Waals surface area contributed by atoms with Crippen LogP contribution in [0.25, 0.3) is 44.2 Å². The lowest BCUT2D eigenvalue weighted by Gasteiger charge is -2.34. The van der Waals surface area contributed by atoms with Gasteiger partial charge in [0.05, 0.1) is 8.07 Å². The van der Waals surface area contributed by atoms with Gasteiger partial charge >= 0.3 is 0 Å². The molecule has 0 saturated heterocycles. The molecule has 0 unspecified atom stereocenters. The molecule has 0 radical (unpaired) electrons. The summed E-state index contributed by atoms with van der Waals surface area (Å²) in [4.78, 5) is 0. The lowest BCUT2D eigenvalue weighted by atomic mass is 9.86. The summed E-state index contributed by atoms with van der Waals surface area (Å²) in [6, 6.07) is 46.0. The lowest BCUT2D eigenvalue weighted by Crippen LogP contribution is -2.48.